The summed E-state index contributed by atoms with van der Waals surface area (Å²) in [6.45, 7) is 0. The standard InChI is InChI=1S/C7H6O2.C6H6O3S.C4H4O4.Na/c8-7(9)6-4-2-1-3-5-6;7-10(8,9)6-4-2-1-3-5-6;5-3(6)1-2-4(7)8;/h1-5H,(H,8,9);1-5H,(H,7,8,9);1-2H,(H,5,6)(H,7,8);/q;;;+1/p-1/b;;2-1-;. The summed E-state index contributed by atoms with van der Waals surface area (Å²) in [7, 11) is -4.25. The van der Waals surface area contributed by atoms with Gasteiger partial charge in [0.05, 0.1) is 10.5 Å². The second-order valence-corrected chi connectivity index (χ2v) is 5.83. The summed E-state index contributed by atoms with van der Waals surface area (Å²) in [5, 5.41) is 24.0. The van der Waals surface area contributed by atoms with Crippen molar-refractivity contribution in [2.24, 2.45) is 0 Å². The zero-order valence-electron chi connectivity index (χ0n) is 14.6. The topological polar surface area (TPSA) is 169 Å². The van der Waals surface area contributed by atoms with Gasteiger partial charge >= 0.3 is 47.5 Å². The summed E-state index contributed by atoms with van der Waals surface area (Å²) in [5.74, 6) is -3.39. The number of aromatic carboxylic acids is 1. The molecule has 144 valence electrons. The summed E-state index contributed by atoms with van der Waals surface area (Å²) in [4.78, 5) is 29.1. The number of carboxylic acids is 3. The molecular weight excluding hydrogens is 403 g/mol. The molecule has 0 bridgehead atoms. The van der Waals surface area contributed by atoms with E-state index in [1.807, 2.05) is 0 Å². The Balaban J connectivity index is 0. The maximum absolute atomic E-state index is 10.3. The molecule has 0 saturated carbocycles. The predicted molar refractivity (Wildman–Crippen MR) is 92.2 cm³/mol. The Labute approximate surface area is 183 Å². The van der Waals surface area contributed by atoms with E-state index in [0.717, 1.165) is 0 Å². The summed E-state index contributed by atoms with van der Waals surface area (Å²) < 4.78 is 30.8. The molecule has 0 amide bonds. The second-order valence-electron chi connectivity index (χ2n) is 4.45. The smallest absolute Gasteiger partial charge is 0.744 e. The predicted octanol–water partition coefficient (Wildman–Crippen LogP) is -1.31. The first-order chi connectivity index (χ1) is 12.5. The second kappa shape index (κ2) is 14.5. The van der Waals surface area contributed by atoms with Gasteiger partial charge in [0.2, 0.25) is 0 Å². The van der Waals surface area contributed by atoms with Gasteiger partial charge in [0.1, 0.15) is 10.1 Å². The number of benzene rings is 2. The van der Waals surface area contributed by atoms with E-state index in [1.54, 1.807) is 36.4 Å². The molecule has 2 aromatic rings. The van der Waals surface area contributed by atoms with Crippen LogP contribution in [0.1, 0.15) is 10.4 Å². The largest absolute Gasteiger partial charge is 1.00 e. The SMILES string of the molecule is O=C(O)/C=C\C(=O)O.O=C(O)c1ccccc1.O=S(=O)([O-])c1ccccc1.[Na+]. The number of rotatable bonds is 4. The van der Waals surface area contributed by atoms with Gasteiger partial charge in [-0.2, -0.15) is 0 Å². The molecule has 0 heterocycles. The molecule has 0 unspecified atom stereocenters. The Hall–Kier alpha value is -2.50. The minimum atomic E-state index is -4.25. The van der Waals surface area contributed by atoms with Crippen LogP contribution in [0.25, 0.3) is 0 Å². The average Bonchev–Trinajstić information content (AvgIpc) is 2.62. The molecule has 3 N–H and O–H groups in total. The molecule has 0 fully saturated rings. The quantitative estimate of drug-likeness (QED) is 0.310. The van der Waals surface area contributed by atoms with Gasteiger partial charge in [-0.15, -0.1) is 0 Å². The van der Waals surface area contributed by atoms with Crippen LogP contribution in [0.2, 0.25) is 0 Å². The molecule has 2 aromatic carbocycles. The normalized spacial score (nSPS) is 9.61. The fourth-order valence-electron chi connectivity index (χ4n) is 1.31. The van der Waals surface area contributed by atoms with Crippen LogP contribution in [-0.2, 0) is 19.7 Å². The summed E-state index contributed by atoms with van der Waals surface area (Å²) in [5.41, 5.74) is 0.331. The van der Waals surface area contributed by atoms with Crippen molar-refractivity contribution >= 4 is 28.0 Å². The van der Waals surface area contributed by atoms with Gasteiger partial charge in [0.15, 0.2) is 0 Å². The van der Waals surface area contributed by atoms with Crippen LogP contribution >= 0.6 is 0 Å². The van der Waals surface area contributed by atoms with Crippen molar-refractivity contribution in [2.75, 3.05) is 0 Å². The first-order valence-corrected chi connectivity index (χ1v) is 8.38. The summed E-state index contributed by atoms with van der Waals surface area (Å²) >= 11 is 0. The molecule has 11 heteroatoms. The van der Waals surface area contributed by atoms with Crippen molar-refractivity contribution in [1.82, 2.24) is 0 Å². The minimum absolute atomic E-state index is 0. The van der Waals surface area contributed by atoms with E-state index in [9.17, 15) is 27.4 Å². The molecule has 9 nitrogen and oxygen atoms in total. The van der Waals surface area contributed by atoms with Crippen LogP contribution in [0.15, 0.2) is 77.7 Å². The van der Waals surface area contributed by atoms with Crippen molar-refractivity contribution < 1.29 is 72.2 Å². The molecular formula is C17H15NaO9S. The molecule has 0 aromatic heterocycles. The zero-order chi connectivity index (χ0) is 20.9. The van der Waals surface area contributed by atoms with Gasteiger partial charge in [-0.3, -0.25) is 0 Å². The molecule has 0 atom stereocenters. The summed E-state index contributed by atoms with van der Waals surface area (Å²) in [6, 6.07) is 15.5. The van der Waals surface area contributed by atoms with E-state index in [1.165, 1.54) is 24.3 Å². The van der Waals surface area contributed by atoms with E-state index in [-0.39, 0.29) is 34.5 Å². The Morgan fingerprint density at radius 2 is 1.11 bits per heavy atom. The van der Waals surface area contributed by atoms with Crippen LogP contribution in [0, 0.1) is 0 Å². The maximum atomic E-state index is 10.3. The van der Waals surface area contributed by atoms with E-state index in [2.05, 4.69) is 0 Å². The van der Waals surface area contributed by atoms with Crippen LogP contribution < -0.4 is 29.6 Å². The molecule has 0 aliphatic carbocycles. The Morgan fingerprint density at radius 1 is 0.750 bits per heavy atom. The Morgan fingerprint density at radius 3 is 1.32 bits per heavy atom. The van der Waals surface area contributed by atoms with E-state index >= 15 is 0 Å². The van der Waals surface area contributed by atoms with Crippen molar-refractivity contribution in [2.45, 2.75) is 4.90 Å². The number of aliphatic carboxylic acids is 2. The zero-order valence-corrected chi connectivity index (χ0v) is 17.4. The van der Waals surface area contributed by atoms with Crippen molar-refractivity contribution in [3.63, 3.8) is 0 Å². The molecule has 0 spiro atoms. The van der Waals surface area contributed by atoms with Crippen LogP contribution in [-0.4, -0.2) is 46.2 Å². The number of carboxylic acid groups (broad SMARTS) is 3. The number of hydrogen-bond donors (Lipinski definition) is 3. The van der Waals surface area contributed by atoms with E-state index in [4.69, 9.17) is 15.3 Å². The number of hydrogen-bond acceptors (Lipinski definition) is 6. The first kappa shape index (κ1) is 27.7. The monoisotopic (exact) mass is 418 g/mol. The maximum Gasteiger partial charge on any atom is 1.00 e. The summed E-state index contributed by atoms with van der Waals surface area (Å²) in [6.07, 6.45) is 1.12. The average molecular weight is 418 g/mol. The van der Waals surface area contributed by atoms with Gasteiger partial charge in [-0.25, -0.2) is 22.8 Å². The van der Waals surface area contributed by atoms with E-state index < -0.39 is 28.0 Å². The Bertz CT molecular complexity index is 863. The van der Waals surface area contributed by atoms with Crippen LogP contribution in [0.3, 0.4) is 0 Å². The van der Waals surface area contributed by atoms with Crippen molar-refractivity contribution in [3.05, 3.63) is 78.4 Å². The third-order valence-corrected chi connectivity index (χ3v) is 3.27. The Kier molecular flexibility index (Phi) is 14.4. The van der Waals surface area contributed by atoms with Gasteiger partial charge in [-0.05, 0) is 24.3 Å². The van der Waals surface area contributed by atoms with Crippen molar-refractivity contribution in [3.8, 4) is 0 Å². The molecule has 0 aliphatic rings. The van der Waals surface area contributed by atoms with Gasteiger partial charge in [0.25, 0.3) is 0 Å². The van der Waals surface area contributed by atoms with Gasteiger partial charge in [0, 0.05) is 12.2 Å². The minimum Gasteiger partial charge on any atom is -0.744 e. The molecule has 0 aliphatic heterocycles. The molecule has 28 heavy (non-hydrogen) atoms. The van der Waals surface area contributed by atoms with E-state index in [0.29, 0.717) is 17.7 Å². The van der Waals surface area contributed by atoms with Crippen LogP contribution in [0.4, 0.5) is 0 Å². The fourth-order valence-corrected chi connectivity index (χ4v) is 1.80. The first-order valence-electron chi connectivity index (χ1n) is 6.97. The molecule has 2 rings (SSSR count). The van der Waals surface area contributed by atoms with Gasteiger partial charge in [-0.1, -0.05) is 36.4 Å². The fraction of sp³-hybridized carbons (Fsp3) is 0. The molecule has 0 saturated heterocycles. The third kappa shape index (κ3) is 14.6. The molecule has 0 radical (unpaired) electrons. The van der Waals surface area contributed by atoms with Gasteiger partial charge < -0.3 is 19.9 Å². The van der Waals surface area contributed by atoms with Crippen LogP contribution in [0.5, 0.6) is 0 Å². The third-order valence-electron chi connectivity index (χ3n) is 2.42. The number of carbonyl (C=O) groups is 3. The van der Waals surface area contributed by atoms with Crippen molar-refractivity contribution in [1.29, 1.82) is 0 Å².